The highest BCUT2D eigenvalue weighted by Gasteiger charge is 2.64. The molecule has 0 saturated carbocycles. The maximum Gasteiger partial charge on any atom is 0.432 e. The summed E-state index contributed by atoms with van der Waals surface area (Å²) in [6.07, 6.45) is -4.25. The van der Waals surface area contributed by atoms with E-state index in [1.807, 2.05) is 0 Å². The third kappa shape index (κ3) is 3.80. The second-order valence-electron chi connectivity index (χ2n) is 5.58. The Hall–Kier alpha value is -2.60. The molecule has 26 heavy (non-hydrogen) atoms. The largest absolute Gasteiger partial charge is 0.454 e. The molecule has 0 aliphatic rings. The molecule has 0 aliphatic heterocycles. The summed E-state index contributed by atoms with van der Waals surface area (Å²) in [5.74, 6) is -1.52. The Morgan fingerprint density at radius 2 is 1.62 bits per heavy atom. The van der Waals surface area contributed by atoms with Gasteiger partial charge in [-0.2, -0.15) is 13.2 Å². The average Bonchev–Trinajstić information content (AvgIpc) is 2.63. The molecule has 0 N–H and O–H groups in total. The highest BCUT2D eigenvalue weighted by Crippen LogP contribution is 2.44. The van der Waals surface area contributed by atoms with Gasteiger partial charge >= 0.3 is 12.1 Å². The van der Waals surface area contributed by atoms with Crippen LogP contribution in [0.1, 0.15) is 23.7 Å². The minimum absolute atomic E-state index is 0.169. The second kappa shape index (κ2) is 8.19. The number of methoxy groups -OCH3 is 1. The van der Waals surface area contributed by atoms with Crippen LogP contribution >= 0.6 is 0 Å². The molecule has 2 aromatic carbocycles. The number of carbonyl (C=O) groups is 1. The first kappa shape index (κ1) is 19.7. The standard InChI is InChI=1S/C20H19F3O3/c1-3-10-17(15-11-6-4-7-12-15)26-18(24)19(25-2,20(21,22)23)16-13-8-5-9-14-16/h3-9,11-14,17H,1,10H2,2H3/t17-,19-/m0/s1. The topological polar surface area (TPSA) is 35.5 Å². The highest BCUT2D eigenvalue weighted by molar-refractivity contribution is 5.83. The number of carbonyl (C=O) groups excluding carboxylic acids is 1. The third-order valence-corrected chi connectivity index (χ3v) is 3.97. The van der Waals surface area contributed by atoms with Crippen LogP contribution in [-0.2, 0) is 19.9 Å². The molecular weight excluding hydrogens is 345 g/mol. The van der Waals surface area contributed by atoms with E-state index >= 15 is 0 Å². The molecule has 0 spiro atoms. The van der Waals surface area contributed by atoms with Gasteiger partial charge in [-0.25, -0.2) is 4.79 Å². The summed E-state index contributed by atoms with van der Waals surface area (Å²) in [6.45, 7) is 3.58. The van der Waals surface area contributed by atoms with Crippen LogP contribution in [-0.4, -0.2) is 19.3 Å². The van der Waals surface area contributed by atoms with Gasteiger partial charge in [0.2, 0.25) is 0 Å². The Kier molecular flexibility index (Phi) is 6.21. The Morgan fingerprint density at radius 3 is 2.08 bits per heavy atom. The van der Waals surface area contributed by atoms with Crippen LogP contribution in [0.25, 0.3) is 0 Å². The fourth-order valence-electron chi connectivity index (χ4n) is 2.67. The molecule has 2 aromatic rings. The summed E-state index contributed by atoms with van der Waals surface area (Å²) in [5.41, 5.74) is -2.98. The summed E-state index contributed by atoms with van der Waals surface area (Å²) < 4.78 is 51.7. The number of rotatable bonds is 7. The molecule has 0 saturated heterocycles. The van der Waals surface area contributed by atoms with Gasteiger partial charge in [-0.1, -0.05) is 66.7 Å². The molecule has 138 valence electrons. The van der Waals surface area contributed by atoms with Crippen molar-refractivity contribution in [1.29, 1.82) is 0 Å². The molecular formula is C20H19F3O3. The van der Waals surface area contributed by atoms with Crippen molar-refractivity contribution in [3.8, 4) is 0 Å². The quantitative estimate of drug-likeness (QED) is 0.515. The van der Waals surface area contributed by atoms with Gasteiger partial charge in [-0.3, -0.25) is 0 Å². The van der Waals surface area contributed by atoms with E-state index in [9.17, 15) is 18.0 Å². The molecule has 0 fully saturated rings. The Labute approximate surface area is 150 Å². The van der Waals surface area contributed by atoms with Gasteiger partial charge in [0.1, 0.15) is 6.10 Å². The molecule has 6 heteroatoms. The van der Waals surface area contributed by atoms with E-state index in [1.54, 1.807) is 36.4 Å². The Bertz CT molecular complexity index is 729. The highest BCUT2D eigenvalue weighted by atomic mass is 19.4. The van der Waals surface area contributed by atoms with Crippen molar-refractivity contribution in [2.45, 2.75) is 24.3 Å². The lowest BCUT2D eigenvalue weighted by atomic mass is 9.92. The van der Waals surface area contributed by atoms with E-state index in [-0.39, 0.29) is 12.0 Å². The molecule has 2 rings (SSSR count). The summed E-state index contributed by atoms with van der Waals surface area (Å²) in [7, 11) is 0.840. The second-order valence-corrected chi connectivity index (χ2v) is 5.58. The molecule has 0 aromatic heterocycles. The maximum absolute atomic E-state index is 13.9. The van der Waals surface area contributed by atoms with Crippen molar-refractivity contribution >= 4 is 5.97 Å². The van der Waals surface area contributed by atoms with Crippen molar-refractivity contribution in [3.63, 3.8) is 0 Å². The van der Waals surface area contributed by atoms with Gasteiger partial charge in [0, 0.05) is 19.1 Å². The van der Waals surface area contributed by atoms with Crippen molar-refractivity contribution in [3.05, 3.63) is 84.4 Å². The van der Waals surface area contributed by atoms with Gasteiger partial charge in [0.15, 0.2) is 0 Å². The van der Waals surface area contributed by atoms with E-state index in [4.69, 9.17) is 9.47 Å². The smallest absolute Gasteiger partial charge is 0.432 e. The Balaban J connectivity index is 2.45. The summed E-state index contributed by atoms with van der Waals surface area (Å²) in [6, 6.07) is 15.3. The summed E-state index contributed by atoms with van der Waals surface area (Å²) in [5, 5.41) is 0. The zero-order valence-corrected chi connectivity index (χ0v) is 14.2. The number of ether oxygens (including phenoxy) is 2. The first-order chi connectivity index (χ1) is 12.4. The lowest BCUT2D eigenvalue weighted by Crippen LogP contribution is -2.52. The lowest BCUT2D eigenvalue weighted by molar-refractivity contribution is -0.278. The predicted molar refractivity (Wildman–Crippen MR) is 91.3 cm³/mol. The predicted octanol–water partition coefficient (Wildman–Crippen LogP) is 4.95. The molecule has 3 nitrogen and oxygen atoms in total. The molecule has 2 atom stereocenters. The minimum atomic E-state index is -5.00. The maximum atomic E-state index is 13.9. The zero-order chi connectivity index (χ0) is 19.2. The van der Waals surface area contributed by atoms with E-state index in [0.717, 1.165) is 7.11 Å². The van der Waals surface area contributed by atoms with Crippen LogP contribution in [0.3, 0.4) is 0 Å². The van der Waals surface area contributed by atoms with Gasteiger partial charge in [0.25, 0.3) is 5.60 Å². The third-order valence-electron chi connectivity index (χ3n) is 3.97. The summed E-state index contributed by atoms with van der Waals surface area (Å²) >= 11 is 0. The molecule has 0 radical (unpaired) electrons. The van der Waals surface area contributed by atoms with Gasteiger partial charge in [-0.05, 0) is 5.56 Å². The first-order valence-electron chi connectivity index (χ1n) is 7.91. The van der Waals surface area contributed by atoms with Crippen molar-refractivity contribution < 1.29 is 27.4 Å². The van der Waals surface area contributed by atoms with Gasteiger partial charge in [-0.15, -0.1) is 6.58 Å². The molecule has 0 bridgehead atoms. The van der Waals surface area contributed by atoms with Crippen LogP contribution in [0.2, 0.25) is 0 Å². The van der Waals surface area contributed by atoms with E-state index in [2.05, 4.69) is 6.58 Å². The number of benzene rings is 2. The van der Waals surface area contributed by atoms with Crippen LogP contribution in [0, 0.1) is 0 Å². The summed E-state index contributed by atoms with van der Waals surface area (Å²) in [4.78, 5) is 12.7. The number of hydrogen-bond acceptors (Lipinski definition) is 3. The van der Waals surface area contributed by atoms with E-state index < -0.39 is 23.9 Å². The average molecular weight is 364 g/mol. The van der Waals surface area contributed by atoms with Crippen LogP contribution in [0.15, 0.2) is 73.3 Å². The number of alkyl halides is 3. The Morgan fingerprint density at radius 1 is 1.08 bits per heavy atom. The van der Waals surface area contributed by atoms with Crippen LogP contribution in [0.5, 0.6) is 0 Å². The number of halogens is 3. The lowest BCUT2D eigenvalue weighted by Gasteiger charge is -2.33. The fourth-order valence-corrected chi connectivity index (χ4v) is 2.67. The van der Waals surface area contributed by atoms with Gasteiger partial charge in [0.05, 0.1) is 0 Å². The minimum Gasteiger partial charge on any atom is -0.454 e. The first-order valence-corrected chi connectivity index (χ1v) is 7.91. The fraction of sp³-hybridized carbons (Fsp3) is 0.250. The molecule has 0 amide bonds. The zero-order valence-electron chi connectivity index (χ0n) is 14.2. The van der Waals surface area contributed by atoms with Crippen molar-refractivity contribution in [2.24, 2.45) is 0 Å². The van der Waals surface area contributed by atoms with Crippen LogP contribution < -0.4 is 0 Å². The molecule has 0 heterocycles. The monoisotopic (exact) mass is 364 g/mol. The van der Waals surface area contributed by atoms with Crippen LogP contribution in [0.4, 0.5) is 13.2 Å². The number of esters is 1. The normalized spacial score (nSPS) is 14.9. The van der Waals surface area contributed by atoms with Gasteiger partial charge < -0.3 is 9.47 Å². The van der Waals surface area contributed by atoms with Crippen molar-refractivity contribution in [1.82, 2.24) is 0 Å². The SMILES string of the molecule is C=CC[C@H](OC(=O)[C@@](OC)(c1ccccc1)C(F)(F)F)c1ccccc1. The van der Waals surface area contributed by atoms with E-state index in [1.165, 1.54) is 30.3 Å². The van der Waals surface area contributed by atoms with Crippen molar-refractivity contribution in [2.75, 3.05) is 7.11 Å². The van der Waals surface area contributed by atoms with E-state index in [0.29, 0.717) is 5.56 Å². The molecule has 0 unspecified atom stereocenters. The number of hydrogen-bond donors (Lipinski definition) is 0. The molecule has 0 aliphatic carbocycles.